The van der Waals surface area contributed by atoms with E-state index in [-0.39, 0.29) is 11.6 Å². The van der Waals surface area contributed by atoms with Crippen LogP contribution in [0.1, 0.15) is 27.2 Å². The van der Waals surface area contributed by atoms with Crippen LogP contribution < -0.4 is 0 Å². The van der Waals surface area contributed by atoms with Crippen molar-refractivity contribution in [3.05, 3.63) is 11.6 Å². The van der Waals surface area contributed by atoms with Crippen molar-refractivity contribution in [2.45, 2.75) is 38.8 Å². The zero-order chi connectivity index (χ0) is 11.6. The lowest BCUT2D eigenvalue weighted by Gasteiger charge is -2.33. The van der Waals surface area contributed by atoms with E-state index in [4.69, 9.17) is 5.11 Å². The van der Waals surface area contributed by atoms with Crippen LogP contribution in [0.15, 0.2) is 11.6 Å². The first-order valence-electron chi connectivity index (χ1n) is 5.19. The number of hydrogen-bond acceptors (Lipinski definition) is 3. The molecule has 4 nitrogen and oxygen atoms in total. The lowest BCUT2D eigenvalue weighted by Crippen LogP contribution is -2.45. The van der Waals surface area contributed by atoms with Crippen molar-refractivity contribution in [1.29, 1.82) is 0 Å². The van der Waals surface area contributed by atoms with E-state index in [2.05, 4.69) is 4.90 Å². The molecule has 1 atom stereocenters. The molecular formula is C11H19NO3. The second-order valence-corrected chi connectivity index (χ2v) is 4.60. The van der Waals surface area contributed by atoms with Gasteiger partial charge in [0.1, 0.15) is 0 Å². The fraction of sp³-hybridized carbons (Fsp3) is 0.727. The van der Waals surface area contributed by atoms with Crippen molar-refractivity contribution in [2.75, 3.05) is 13.1 Å². The molecule has 86 valence electrons. The normalized spacial score (nSPS) is 26.9. The van der Waals surface area contributed by atoms with E-state index in [9.17, 15) is 9.90 Å². The molecule has 1 fully saturated rings. The molecule has 1 unspecified atom stereocenters. The average molecular weight is 213 g/mol. The third-order valence-corrected chi connectivity index (χ3v) is 3.26. The van der Waals surface area contributed by atoms with Gasteiger partial charge in [-0.15, -0.1) is 0 Å². The minimum Gasteiger partial charge on any atom is -0.478 e. The number of aliphatic hydroxyl groups is 1. The van der Waals surface area contributed by atoms with E-state index < -0.39 is 5.97 Å². The molecule has 1 aliphatic heterocycles. The Morgan fingerprint density at radius 2 is 2.20 bits per heavy atom. The van der Waals surface area contributed by atoms with Crippen LogP contribution in [0.3, 0.4) is 0 Å². The summed E-state index contributed by atoms with van der Waals surface area (Å²) in [6.07, 6.45) is 2.13. The highest BCUT2D eigenvalue weighted by atomic mass is 16.4. The van der Waals surface area contributed by atoms with Crippen LogP contribution in [0.5, 0.6) is 0 Å². The van der Waals surface area contributed by atoms with Crippen LogP contribution in [0.2, 0.25) is 0 Å². The largest absolute Gasteiger partial charge is 0.478 e. The Balaban J connectivity index is 2.61. The van der Waals surface area contributed by atoms with Crippen LogP contribution in [-0.2, 0) is 4.79 Å². The summed E-state index contributed by atoms with van der Waals surface area (Å²) in [6, 6.07) is 0. The van der Waals surface area contributed by atoms with Gasteiger partial charge in [-0.1, -0.05) is 6.08 Å². The van der Waals surface area contributed by atoms with E-state index in [0.717, 1.165) is 13.0 Å². The highest BCUT2D eigenvalue weighted by Gasteiger charge is 2.39. The summed E-state index contributed by atoms with van der Waals surface area (Å²) in [7, 11) is 0. The summed E-state index contributed by atoms with van der Waals surface area (Å²) >= 11 is 0. The average Bonchev–Trinajstić information content (AvgIpc) is 2.39. The third-order valence-electron chi connectivity index (χ3n) is 3.26. The molecular weight excluding hydrogens is 194 g/mol. The van der Waals surface area contributed by atoms with Crippen LogP contribution in [0, 0.1) is 0 Å². The number of likely N-dealkylation sites (tertiary alicyclic amines) is 1. The van der Waals surface area contributed by atoms with Crippen molar-refractivity contribution in [3.8, 4) is 0 Å². The monoisotopic (exact) mass is 213 g/mol. The van der Waals surface area contributed by atoms with E-state index in [0.29, 0.717) is 12.1 Å². The number of rotatable bonds is 3. The first-order chi connectivity index (χ1) is 6.85. The molecule has 1 heterocycles. The summed E-state index contributed by atoms with van der Waals surface area (Å²) in [6.45, 7) is 6.95. The summed E-state index contributed by atoms with van der Waals surface area (Å²) in [5, 5.41) is 18.4. The summed E-state index contributed by atoms with van der Waals surface area (Å²) < 4.78 is 0. The van der Waals surface area contributed by atoms with E-state index in [1.54, 1.807) is 13.0 Å². The summed E-state index contributed by atoms with van der Waals surface area (Å²) in [4.78, 5) is 12.7. The molecule has 0 spiro atoms. The standard InChI is InChI=1S/C11H19NO3/c1-8(10(14)15)4-6-12-7-5-9(13)11(12,2)3/h4,9,13H,5-7H2,1-3H3,(H,14,15)/b8-4+. The van der Waals surface area contributed by atoms with Crippen LogP contribution in [0.4, 0.5) is 0 Å². The number of carboxylic acid groups (broad SMARTS) is 1. The molecule has 0 radical (unpaired) electrons. The Morgan fingerprint density at radius 3 is 2.60 bits per heavy atom. The Hall–Kier alpha value is -0.870. The van der Waals surface area contributed by atoms with Crippen molar-refractivity contribution < 1.29 is 15.0 Å². The molecule has 0 bridgehead atoms. The molecule has 1 rings (SSSR count). The zero-order valence-electron chi connectivity index (χ0n) is 9.53. The zero-order valence-corrected chi connectivity index (χ0v) is 9.53. The number of aliphatic hydroxyl groups excluding tert-OH is 1. The molecule has 0 aromatic heterocycles. The maximum atomic E-state index is 10.6. The van der Waals surface area contributed by atoms with Gasteiger partial charge in [-0.2, -0.15) is 0 Å². The molecule has 0 aromatic carbocycles. The third kappa shape index (κ3) is 2.58. The molecule has 4 heteroatoms. The number of carboxylic acids is 1. The van der Waals surface area contributed by atoms with Gasteiger partial charge in [-0.25, -0.2) is 4.79 Å². The highest BCUT2D eigenvalue weighted by molar-refractivity contribution is 5.85. The second-order valence-electron chi connectivity index (χ2n) is 4.60. The maximum absolute atomic E-state index is 10.6. The number of hydrogen-bond donors (Lipinski definition) is 2. The van der Waals surface area contributed by atoms with E-state index in [1.165, 1.54) is 0 Å². The van der Waals surface area contributed by atoms with Gasteiger partial charge in [0.2, 0.25) is 0 Å². The second kappa shape index (κ2) is 4.33. The summed E-state index contributed by atoms with van der Waals surface area (Å²) in [5.74, 6) is -0.882. The molecule has 0 amide bonds. The number of carbonyl (C=O) groups is 1. The Bertz CT molecular complexity index is 284. The van der Waals surface area contributed by atoms with Crippen molar-refractivity contribution in [2.24, 2.45) is 0 Å². The topological polar surface area (TPSA) is 60.8 Å². The molecule has 0 aliphatic carbocycles. The number of aliphatic carboxylic acids is 1. The van der Waals surface area contributed by atoms with E-state index in [1.807, 2.05) is 13.8 Å². The lowest BCUT2D eigenvalue weighted by molar-refractivity contribution is -0.132. The first-order valence-corrected chi connectivity index (χ1v) is 5.19. The Morgan fingerprint density at radius 1 is 1.60 bits per heavy atom. The molecule has 15 heavy (non-hydrogen) atoms. The quantitative estimate of drug-likeness (QED) is 0.683. The van der Waals surface area contributed by atoms with E-state index >= 15 is 0 Å². The van der Waals surface area contributed by atoms with Gasteiger partial charge in [-0.3, -0.25) is 4.90 Å². The van der Waals surface area contributed by atoms with Gasteiger partial charge in [0.15, 0.2) is 0 Å². The van der Waals surface area contributed by atoms with Crippen molar-refractivity contribution >= 4 is 5.97 Å². The molecule has 1 aliphatic rings. The van der Waals surface area contributed by atoms with Crippen LogP contribution >= 0.6 is 0 Å². The minimum absolute atomic E-state index is 0.255. The maximum Gasteiger partial charge on any atom is 0.330 e. The van der Waals surface area contributed by atoms with Gasteiger partial charge >= 0.3 is 5.97 Å². The Kier molecular flexibility index (Phi) is 3.52. The van der Waals surface area contributed by atoms with Crippen LogP contribution in [0.25, 0.3) is 0 Å². The molecule has 0 aromatic rings. The van der Waals surface area contributed by atoms with Gasteiger partial charge in [0.05, 0.1) is 6.10 Å². The predicted molar refractivity (Wildman–Crippen MR) is 57.7 cm³/mol. The summed E-state index contributed by atoms with van der Waals surface area (Å²) in [5.41, 5.74) is 0.0992. The fourth-order valence-corrected chi connectivity index (χ4v) is 1.79. The van der Waals surface area contributed by atoms with Crippen molar-refractivity contribution in [3.63, 3.8) is 0 Å². The first kappa shape index (κ1) is 12.2. The minimum atomic E-state index is -0.882. The predicted octanol–water partition coefficient (Wildman–Crippen LogP) is 0.863. The SMILES string of the molecule is C/C(=C\CN1CCC(O)C1(C)C)C(=O)O. The van der Waals surface area contributed by atoms with Gasteiger partial charge in [0.25, 0.3) is 0 Å². The smallest absolute Gasteiger partial charge is 0.330 e. The van der Waals surface area contributed by atoms with Crippen molar-refractivity contribution in [1.82, 2.24) is 4.90 Å². The molecule has 0 saturated carbocycles. The Labute approximate surface area is 90.2 Å². The fourth-order valence-electron chi connectivity index (χ4n) is 1.79. The van der Waals surface area contributed by atoms with Crippen LogP contribution in [-0.4, -0.2) is 45.8 Å². The molecule has 2 N–H and O–H groups in total. The lowest BCUT2D eigenvalue weighted by atomic mass is 9.99. The van der Waals surface area contributed by atoms with Gasteiger partial charge in [0, 0.05) is 24.2 Å². The highest BCUT2D eigenvalue weighted by Crippen LogP contribution is 2.28. The van der Waals surface area contributed by atoms with Gasteiger partial charge < -0.3 is 10.2 Å². The number of nitrogens with zero attached hydrogens (tertiary/aromatic N) is 1. The van der Waals surface area contributed by atoms with Gasteiger partial charge in [-0.05, 0) is 27.2 Å². The molecule has 1 saturated heterocycles.